The third-order valence-corrected chi connectivity index (χ3v) is 20.0. The van der Waals surface area contributed by atoms with Gasteiger partial charge < -0.3 is 33.8 Å². The normalized spacial score (nSPS) is 14.3. The number of phosphoric acid groups is 2. The second-order valence-corrected chi connectivity index (χ2v) is 31.0. The molecule has 17 nitrogen and oxygen atoms in total. The fourth-order valence-electron chi connectivity index (χ4n) is 11.6. The van der Waals surface area contributed by atoms with E-state index in [4.69, 9.17) is 37.0 Å². The SMILES string of the molecule is CCCCCCCCCCCCCCCCCCCCC(=O)O[C@H](COC(=O)CCCCCCCCCCCCCCC(C)C)COP(=O)(O)OC[C@@H](O)COP(=O)(O)OC[C@@H](COC(=O)CCCCCCCCCCCC)OC(=O)CCCCCCCCCCC(C)CC. The largest absolute Gasteiger partial charge is 0.472 e. The van der Waals surface area contributed by atoms with Gasteiger partial charge in [-0.25, -0.2) is 9.13 Å². The number of aliphatic hydroxyl groups is 1. The van der Waals surface area contributed by atoms with Crippen LogP contribution in [0, 0.1) is 11.8 Å². The molecule has 0 aliphatic heterocycles. The van der Waals surface area contributed by atoms with E-state index in [1.807, 2.05) is 0 Å². The van der Waals surface area contributed by atoms with E-state index in [0.717, 1.165) is 102 Å². The van der Waals surface area contributed by atoms with Gasteiger partial charge in [-0.15, -0.1) is 0 Å². The zero-order valence-corrected chi connectivity index (χ0v) is 63.8. The van der Waals surface area contributed by atoms with E-state index in [2.05, 4.69) is 41.5 Å². The molecule has 0 amide bonds. The van der Waals surface area contributed by atoms with Crippen LogP contribution in [0.25, 0.3) is 0 Å². The molecule has 0 saturated carbocycles. The first-order valence-electron chi connectivity index (χ1n) is 39.5. The quantitative estimate of drug-likeness (QED) is 0.0222. The van der Waals surface area contributed by atoms with Crippen LogP contribution in [0.4, 0.5) is 0 Å². The first-order chi connectivity index (χ1) is 45.9. The topological polar surface area (TPSA) is 237 Å². The van der Waals surface area contributed by atoms with Gasteiger partial charge in [-0.05, 0) is 37.5 Å². The van der Waals surface area contributed by atoms with Crippen molar-refractivity contribution in [3.63, 3.8) is 0 Å². The van der Waals surface area contributed by atoms with Crippen LogP contribution < -0.4 is 0 Å². The van der Waals surface area contributed by atoms with Crippen molar-refractivity contribution in [3.8, 4) is 0 Å². The summed E-state index contributed by atoms with van der Waals surface area (Å²) >= 11 is 0. The summed E-state index contributed by atoms with van der Waals surface area (Å²) in [5.41, 5.74) is 0. The number of ether oxygens (including phenoxy) is 4. The van der Waals surface area contributed by atoms with Crippen LogP contribution >= 0.6 is 15.6 Å². The van der Waals surface area contributed by atoms with E-state index in [9.17, 15) is 43.2 Å². The Labute approximate surface area is 581 Å². The van der Waals surface area contributed by atoms with Crippen LogP contribution in [-0.4, -0.2) is 96.7 Å². The van der Waals surface area contributed by atoms with Gasteiger partial charge in [0.1, 0.15) is 19.3 Å². The second-order valence-electron chi connectivity index (χ2n) is 28.1. The summed E-state index contributed by atoms with van der Waals surface area (Å²) in [7, 11) is -9.91. The summed E-state index contributed by atoms with van der Waals surface area (Å²) in [4.78, 5) is 72.8. The monoisotopic (exact) mass is 1400 g/mol. The summed E-state index contributed by atoms with van der Waals surface area (Å²) in [6.07, 6.45) is 55.4. The van der Waals surface area contributed by atoms with Crippen molar-refractivity contribution in [1.82, 2.24) is 0 Å². The third kappa shape index (κ3) is 69.0. The molecule has 95 heavy (non-hydrogen) atoms. The maximum atomic E-state index is 13.1. The minimum atomic E-state index is -4.96. The maximum Gasteiger partial charge on any atom is 0.472 e. The molecule has 0 aliphatic carbocycles. The molecule has 564 valence electrons. The fourth-order valence-corrected chi connectivity index (χ4v) is 13.2. The Bertz CT molecular complexity index is 1840. The van der Waals surface area contributed by atoms with Gasteiger partial charge in [0.15, 0.2) is 12.2 Å². The number of phosphoric ester groups is 2. The van der Waals surface area contributed by atoms with E-state index in [1.165, 1.54) is 212 Å². The Kier molecular flexibility index (Phi) is 66.5. The fraction of sp³-hybridized carbons (Fsp3) is 0.947. The molecule has 19 heteroatoms. The standard InChI is InChI=1S/C76H148O17P2/c1-7-10-12-14-16-18-20-21-22-23-24-25-26-31-35-42-48-54-60-75(80)92-71(64-87-74(79)59-53-47-41-34-30-28-27-29-32-38-44-50-56-68(4)5)66-90-94(82,83)88-62-70(77)63-89-95(84,85)91-67-72(65-86-73(78)58-52-46-40-33-19-17-15-13-11-8-2)93-76(81)61-55-49-43-37-36-39-45-51-57-69(6)9-3/h68-72,77H,7-67H2,1-6H3,(H,82,83)(H,84,85)/t69?,70-,71-,72-/m1/s1. The van der Waals surface area contributed by atoms with Crippen molar-refractivity contribution in [3.05, 3.63) is 0 Å². The number of esters is 4. The van der Waals surface area contributed by atoms with Crippen molar-refractivity contribution in [2.24, 2.45) is 11.8 Å². The molecule has 0 bridgehead atoms. The van der Waals surface area contributed by atoms with Gasteiger partial charge in [-0.1, -0.05) is 343 Å². The van der Waals surface area contributed by atoms with Crippen LogP contribution in [0.5, 0.6) is 0 Å². The molecule has 0 aliphatic rings. The number of hydrogen-bond donors (Lipinski definition) is 3. The molecule has 0 fully saturated rings. The average molecular weight is 1400 g/mol. The van der Waals surface area contributed by atoms with Crippen molar-refractivity contribution in [1.29, 1.82) is 0 Å². The molecule has 3 N–H and O–H groups in total. The summed E-state index contributed by atoms with van der Waals surface area (Å²) in [6.45, 7) is 9.60. The Morgan fingerprint density at radius 1 is 0.305 bits per heavy atom. The highest BCUT2D eigenvalue weighted by molar-refractivity contribution is 7.47. The Morgan fingerprint density at radius 2 is 0.537 bits per heavy atom. The zero-order chi connectivity index (χ0) is 70.0. The Hall–Kier alpha value is -1.94. The van der Waals surface area contributed by atoms with Crippen LogP contribution in [0.15, 0.2) is 0 Å². The highest BCUT2D eigenvalue weighted by Gasteiger charge is 2.30. The van der Waals surface area contributed by atoms with E-state index >= 15 is 0 Å². The van der Waals surface area contributed by atoms with Crippen LogP contribution in [0.1, 0.15) is 395 Å². The van der Waals surface area contributed by atoms with Gasteiger partial charge >= 0.3 is 39.5 Å². The molecule has 0 rings (SSSR count). The molecule has 0 radical (unpaired) electrons. The lowest BCUT2D eigenvalue weighted by Gasteiger charge is -2.21. The van der Waals surface area contributed by atoms with Crippen molar-refractivity contribution in [2.75, 3.05) is 39.6 Å². The predicted octanol–water partition coefficient (Wildman–Crippen LogP) is 22.3. The number of carbonyl (C=O) groups excluding carboxylic acids is 4. The minimum Gasteiger partial charge on any atom is -0.462 e. The molecular weight excluding hydrogens is 1250 g/mol. The van der Waals surface area contributed by atoms with Gasteiger partial charge in [0.05, 0.1) is 26.4 Å². The first kappa shape index (κ1) is 93.1. The third-order valence-electron chi connectivity index (χ3n) is 18.1. The molecule has 0 aromatic rings. The van der Waals surface area contributed by atoms with Gasteiger partial charge in [-0.2, -0.15) is 0 Å². The molecule has 0 saturated heterocycles. The van der Waals surface area contributed by atoms with Crippen LogP contribution in [0.3, 0.4) is 0 Å². The zero-order valence-electron chi connectivity index (χ0n) is 62.0. The van der Waals surface area contributed by atoms with Crippen molar-refractivity contribution < 1.29 is 80.2 Å². The van der Waals surface area contributed by atoms with Gasteiger partial charge in [-0.3, -0.25) is 37.3 Å². The number of hydrogen-bond acceptors (Lipinski definition) is 15. The summed E-state index contributed by atoms with van der Waals surface area (Å²) in [5, 5.41) is 10.6. The number of aliphatic hydroxyl groups excluding tert-OH is 1. The molecular formula is C76H148O17P2. The first-order valence-corrected chi connectivity index (χ1v) is 42.5. The molecule has 0 aromatic heterocycles. The Balaban J connectivity index is 5.24. The van der Waals surface area contributed by atoms with Crippen LogP contribution in [0.2, 0.25) is 0 Å². The summed E-state index contributed by atoms with van der Waals surface area (Å²) in [5.74, 6) is -0.565. The highest BCUT2D eigenvalue weighted by Crippen LogP contribution is 2.45. The van der Waals surface area contributed by atoms with Crippen LogP contribution in [-0.2, 0) is 65.4 Å². The van der Waals surface area contributed by atoms with E-state index in [1.54, 1.807) is 0 Å². The highest BCUT2D eigenvalue weighted by atomic mass is 31.2. The van der Waals surface area contributed by atoms with E-state index in [-0.39, 0.29) is 25.7 Å². The Morgan fingerprint density at radius 3 is 0.800 bits per heavy atom. The summed E-state index contributed by atoms with van der Waals surface area (Å²) in [6, 6.07) is 0. The van der Waals surface area contributed by atoms with Crippen molar-refractivity contribution >= 4 is 39.5 Å². The lowest BCUT2D eigenvalue weighted by molar-refractivity contribution is -0.161. The average Bonchev–Trinajstić information content (AvgIpc) is 2.94. The number of rotatable bonds is 75. The minimum absolute atomic E-state index is 0.105. The molecule has 0 heterocycles. The van der Waals surface area contributed by atoms with E-state index in [0.29, 0.717) is 25.7 Å². The number of carbonyl (C=O) groups is 4. The lowest BCUT2D eigenvalue weighted by atomic mass is 9.99. The second kappa shape index (κ2) is 67.9. The van der Waals surface area contributed by atoms with Gasteiger partial charge in [0, 0.05) is 25.7 Å². The van der Waals surface area contributed by atoms with Gasteiger partial charge in [0.25, 0.3) is 0 Å². The molecule has 0 aromatic carbocycles. The maximum absolute atomic E-state index is 13.1. The number of unbranched alkanes of at least 4 members (excludes halogenated alkanes) is 44. The van der Waals surface area contributed by atoms with Crippen molar-refractivity contribution in [2.45, 2.75) is 413 Å². The lowest BCUT2D eigenvalue weighted by Crippen LogP contribution is -2.30. The molecule has 0 spiro atoms. The molecule has 3 unspecified atom stereocenters. The summed E-state index contributed by atoms with van der Waals surface area (Å²) < 4.78 is 68.5. The predicted molar refractivity (Wildman–Crippen MR) is 386 cm³/mol. The van der Waals surface area contributed by atoms with E-state index < -0.39 is 97.5 Å². The smallest absolute Gasteiger partial charge is 0.462 e. The van der Waals surface area contributed by atoms with Gasteiger partial charge in [0.2, 0.25) is 0 Å². The molecule has 6 atom stereocenters.